The van der Waals surface area contributed by atoms with Crippen LogP contribution in [0.5, 0.6) is 11.5 Å². The van der Waals surface area contributed by atoms with Gasteiger partial charge in [0.25, 0.3) is 15.9 Å². The first-order valence-electron chi connectivity index (χ1n) is 10.4. The Morgan fingerprint density at radius 2 is 1.85 bits per heavy atom. The normalized spacial score (nSPS) is 16.6. The van der Waals surface area contributed by atoms with Crippen molar-refractivity contribution in [3.63, 3.8) is 0 Å². The molecule has 1 fully saturated rings. The Hall–Kier alpha value is -2.30. The van der Waals surface area contributed by atoms with Gasteiger partial charge in [-0.15, -0.1) is 4.40 Å². The van der Waals surface area contributed by atoms with Crippen LogP contribution in [0, 0.1) is 0 Å². The number of likely N-dealkylation sites (N-methyl/N-ethyl adjacent to an activating group) is 1. The third-order valence-electron chi connectivity index (χ3n) is 4.75. The van der Waals surface area contributed by atoms with Crippen LogP contribution in [-0.2, 0) is 14.8 Å². The van der Waals surface area contributed by atoms with Gasteiger partial charge in [0.15, 0.2) is 16.7 Å². The molecule has 1 aliphatic heterocycles. The molecule has 1 amide bonds. The second kappa shape index (κ2) is 11.2. The van der Waals surface area contributed by atoms with E-state index < -0.39 is 10.0 Å². The SMILES string of the molecule is CCCCOc1cc(/C=C2\SC(=NS(=O)(=O)c3ccc(Br)cc3)N(CC)C2=O)ccc1OC. The molecule has 0 spiro atoms. The molecule has 0 unspecified atom stereocenters. The van der Waals surface area contributed by atoms with Gasteiger partial charge in [0, 0.05) is 11.0 Å². The largest absolute Gasteiger partial charge is 0.493 e. The standard InChI is InChI=1S/C23H25BrN2O5S2/c1-4-6-13-31-20-14-16(7-12-19(20)30-3)15-21-22(27)26(5-2)23(32-21)25-33(28,29)18-10-8-17(24)9-11-18/h7-12,14-15H,4-6,13H2,1-3H3/b21-15-,25-23?. The summed E-state index contributed by atoms with van der Waals surface area (Å²) >= 11 is 4.32. The Balaban J connectivity index is 1.91. The number of ether oxygens (including phenoxy) is 2. The molecule has 7 nitrogen and oxygen atoms in total. The summed E-state index contributed by atoms with van der Waals surface area (Å²) in [6.07, 6.45) is 3.63. The number of thioether (sulfide) groups is 1. The van der Waals surface area contributed by atoms with Crippen molar-refractivity contribution in [2.45, 2.75) is 31.6 Å². The lowest BCUT2D eigenvalue weighted by Crippen LogP contribution is -2.29. The highest BCUT2D eigenvalue weighted by molar-refractivity contribution is 9.10. The van der Waals surface area contributed by atoms with Crippen molar-refractivity contribution in [2.24, 2.45) is 4.40 Å². The Bertz CT molecular complexity index is 1180. The van der Waals surface area contributed by atoms with Gasteiger partial charge in [-0.1, -0.05) is 35.3 Å². The first kappa shape index (κ1) is 25.3. The maximum Gasteiger partial charge on any atom is 0.284 e. The van der Waals surface area contributed by atoms with E-state index >= 15 is 0 Å². The molecule has 0 bridgehead atoms. The minimum absolute atomic E-state index is 0.0590. The topological polar surface area (TPSA) is 85.3 Å². The summed E-state index contributed by atoms with van der Waals surface area (Å²) in [5, 5.41) is 0.129. The van der Waals surface area contributed by atoms with E-state index in [1.165, 1.54) is 17.0 Å². The summed E-state index contributed by atoms with van der Waals surface area (Å²) in [7, 11) is -2.39. The minimum Gasteiger partial charge on any atom is -0.493 e. The predicted molar refractivity (Wildman–Crippen MR) is 135 cm³/mol. The zero-order valence-corrected chi connectivity index (χ0v) is 21.8. The zero-order chi connectivity index (χ0) is 24.0. The number of rotatable bonds is 9. The van der Waals surface area contributed by atoms with Gasteiger partial charge < -0.3 is 9.47 Å². The first-order chi connectivity index (χ1) is 15.8. The molecule has 0 atom stereocenters. The molecule has 1 heterocycles. The quantitative estimate of drug-likeness (QED) is 0.309. The molecule has 0 aromatic heterocycles. The number of halogens is 1. The number of methoxy groups -OCH3 is 1. The van der Waals surface area contributed by atoms with Crippen molar-refractivity contribution >= 4 is 54.9 Å². The van der Waals surface area contributed by atoms with E-state index in [2.05, 4.69) is 27.3 Å². The number of benzene rings is 2. The van der Waals surface area contributed by atoms with E-state index in [1.807, 2.05) is 6.07 Å². The number of amides is 1. The molecule has 0 saturated carbocycles. The monoisotopic (exact) mass is 552 g/mol. The van der Waals surface area contributed by atoms with Gasteiger partial charge in [0.05, 0.1) is 23.5 Å². The summed E-state index contributed by atoms with van der Waals surface area (Å²) in [6, 6.07) is 11.6. The van der Waals surface area contributed by atoms with Gasteiger partial charge in [0.2, 0.25) is 0 Å². The number of nitrogens with zero attached hydrogens (tertiary/aromatic N) is 2. The molecule has 176 valence electrons. The maximum atomic E-state index is 12.9. The van der Waals surface area contributed by atoms with Crippen LogP contribution in [0.1, 0.15) is 32.3 Å². The first-order valence-corrected chi connectivity index (χ1v) is 13.5. The van der Waals surface area contributed by atoms with Crippen LogP contribution in [-0.4, -0.2) is 44.7 Å². The van der Waals surface area contributed by atoms with Gasteiger partial charge >= 0.3 is 0 Å². The van der Waals surface area contributed by atoms with Crippen molar-refractivity contribution in [3.8, 4) is 11.5 Å². The molecular formula is C23H25BrN2O5S2. The lowest BCUT2D eigenvalue weighted by molar-refractivity contribution is -0.122. The number of amidine groups is 1. The van der Waals surface area contributed by atoms with Crippen molar-refractivity contribution in [3.05, 3.63) is 57.4 Å². The Kier molecular flexibility index (Phi) is 8.61. The van der Waals surface area contributed by atoms with Crippen LogP contribution in [0.25, 0.3) is 6.08 Å². The van der Waals surface area contributed by atoms with Crippen LogP contribution in [0.15, 0.2) is 61.1 Å². The lowest BCUT2D eigenvalue weighted by Gasteiger charge is -2.12. The molecule has 0 radical (unpaired) electrons. The molecule has 10 heteroatoms. The molecule has 3 rings (SSSR count). The van der Waals surface area contributed by atoms with Crippen molar-refractivity contribution in [1.29, 1.82) is 0 Å². The maximum absolute atomic E-state index is 12.9. The third kappa shape index (κ3) is 6.18. The van der Waals surface area contributed by atoms with Gasteiger partial charge in [-0.25, -0.2) is 0 Å². The third-order valence-corrected chi connectivity index (χ3v) is 7.69. The summed E-state index contributed by atoms with van der Waals surface area (Å²) in [6.45, 7) is 4.72. The molecule has 1 saturated heterocycles. The van der Waals surface area contributed by atoms with E-state index in [0.717, 1.165) is 34.6 Å². The molecular weight excluding hydrogens is 528 g/mol. The number of unbranched alkanes of at least 4 members (excludes halogenated alkanes) is 1. The van der Waals surface area contributed by atoms with E-state index in [-0.39, 0.29) is 16.0 Å². The molecule has 2 aromatic rings. The summed E-state index contributed by atoms with van der Waals surface area (Å²) in [5.74, 6) is 0.906. The van der Waals surface area contributed by atoms with Crippen LogP contribution in [0.2, 0.25) is 0 Å². The second-order valence-corrected chi connectivity index (χ2v) is 10.6. The van der Waals surface area contributed by atoms with E-state index in [4.69, 9.17) is 9.47 Å². The minimum atomic E-state index is -3.96. The fourth-order valence-electron chi connectivity index (χ4n) is 2.99. The summed E-state index contributed by atoms with van der Waals surface area (Å²) < 4.78 is 41.4. The fraction of sp³-hybridized carbons (Fsp3) is 0.304. The number of hydrogen-bond donors (Lipinski definition) is 0. The number of carbonyl (C=O) groups is 1. The molecule has 2 aromatic carbocycles. The van der Waals surface area contributed by atoms with Gasteiger partial charge in [-0.3, -0.25) is 9.69 Å². The summed E-state index contributed by atoms with van der Waals surface area (Å²) in [5.41, 5.74) is 0.742. The van der Waals surface area contributed by atoms with Gasteiger partial charge in [-0.05, 0) is 73.1 Å². The highest BCUT2D eigenvalue weighted by Gasteiger charge is 2.34. The average Bonchev–Trinajstić information content (AvgIpc) is 3.07. The Morgan fingerprint density at radius 3 is 2.48 bits per heavy atom. The Morgan fingerprint density at radius 1 is 1.12 bits per heavy atom. The van der Waals surface area contributed by atoms with Crippen molar-refractivity contribution < 1.29 is 22.7 Å². The number of hydrogen-bond acceptors (Lipinski definition) is 6. The average molecular weight is 554 g/mol. The predicted octanol–water partition coefficient (Wildman–Crippen LogP) is 5.32. The van der Waals surface area contributed by atoms with E-state index in [1.54, 1.807) is 44.4 Å². The molecule has 1 aliphatic rings. The van der Waals surface area contributed by atoms with Gasteiger partial charge in [-0.2, -0.15) is 8.42 Å². The zero-order valence-electron chi connectivity index (χ0n) is 18.6. The highest BCUT2D eigenvalue weighted by Crippen LogP contribution is 2.35. The second-order valence-electron chi connectivity index (χ2n) is 7.08. The van der Waals surface area contributed by atoms with E-state index in [0.29, 0.717) is 29.6 Å². The van der Waals surface area contributed by atoms with Crippen molar-refractivity contribution in [2.75, 3.05) is 20.3 Å². The molecule has 33 heavy (non-hydrogen) atoms. The summed E-state index contributed by atoms with van der Waals surface area (Å²) in [4.78, 5) is 14.7. The number of carbonyl (C=O) groups excluding carboxylic acids is 1. The lowest BCUT2D eigenvalue weighted by atomic mass is 10.2. The van der Waals surface area contributed by atoms with Crippen molar-refractivity contribution in [1.82, 2.24) is 4.90 Å². The highest BCUT2D eigenvalue weighted by atomic mass is 79.9. The van der Waals surface area contributed by atoms with Gasteiger partial charge in [0.1, 0.15) is 0 Å². The van der Waals surface area contributed by atoms with E-state index in [9.17, 15) is 13.2 Å². The van der Waals surface area contributed by atoms with Crippen LogP contribution < -0.4 is 9.47 Å². The molecule has 0 aliphatic carbocycles. The van der Waals surface area contributed by atoms with Crippen LogP contribution in [0.3, 0.4) is 0 Å². The fourth-order valence-corrected chi connectivity index (χ4v) is 5.50. The molecule has 0 N–H and O–H groups in total. The van der Waals surface area contributed by atoms with Crippen LogP contribution in [0.4, 0.5) is 0 Å². The van der Waals surface area contributed by atoms with Crippen LogP contribution >= 0.6 is 27.7 Å². The number of sulfonamides is 1. The Labute approximate surface area is 207 Å². The smallest absolute Gasteiger partial charge is 0.284 e.